The van der Waals surface area contributed by atoms with Crippen LogP contribution in [0.25, 0.3) is 0 Å². The molecule has 1 aromatic rings. The smallest absolute Gasteiger partial charge is 0.170 e. The molecule has 1 aliphatic heterocycles. The number of ketones is 1. The van der Waals surface area contributed by atoms with Gasteiger partial charge in [-0.1, -0.05) is 29.3 Å². The first kappa shape index (κ1) is 16.3. The second kappa shape index (κ2) is 8.42. The Labute approximate surface area is 135 Å². The first-order chi connectivity index (χ1) is 10.3. The van der Waals surface area contributed by atoms with Crippen molar-refractivity contribution in [2.45, 2.75) is 45.4 Å². The van der Waals surface area contributed by atoms with Crippen LogP contribution in [0.5, 0.6) is 11.5 Å². The highest BCUT2D eigenvalue weighted by molar-refractivity contribution is 9.09. The molecule has 0 aliphatic carbocycles. The average molecular weight is 355 g/mol. The summed E-state index contributed by atoms with van der Waals surface area (Å²) < 4.78 is 11.7. The van der Waals surface area contributed by atoms with Gasteiger partial charge in [0.05, 0.1) is 18.8 Å². The maximum Gasteiger partial charge on any atom is 0.170 e. The zero-order valence-corrected chi connectivity index (χ0v) is 14.2. The first-order valence-electron chi connectivity index (χ1n) is 7.78. The largest absolute Gasteiger partial charge is 0.493 e. The number of halogens is 1. The maximum absolute atomic E-state index is 12.0. The predicted octanol–water partition coefficient (Wildman–Crippen LogP) is 4.55. The van der Waals surface area contributed by atoms with Crippen LogP contribution in [0.1, 0.15) is 54.9 Å². The van der Waals surface area contributed by atoms with Gasteiger partial charge in [-0.3, -0.25) is 4.79 Å². The Balaban J connectivity index is 2.11. The van der Waals surface area contributed by atoms with E-state index in [2.05, 4.69) is 22.9 Å². The number of benzene rings is 1. The van der Waals surface area contributed by atoms with Crippen molar-refractivity contribution in [3.8, 4) is 11.5 Å². The summed E-state index contributed by atoms with van der Waals surface area (Å²) in [6.45, 7) is 3.33. The molecule has 4 heteroatoms. The highest BCUT2D eigenvalue weighted by Crippen LogP contribution is 2.36. The van der Waals surface area contributed by atoms with Crippen LogP contribution in [-0.4, -0.2) is 24.3 Å². The third-order valence-corrected chi connectivity index (χ3v) is 4.19. The Kier molecular flexibility index (Phi) is 6.55. The summed E-state index contributed by atoms with van der Waals surface area (Å²) in [5, 5.41) is 1.04. The second-order valence-electron chi connectivity index (χ2n) is 5.29. The molecule has 2 rings (SSSR count). The van der Waals surface area contributed by atoms with Crippen LogP contribution in [0.4, 0.5) is 0 Å². The van der Waals surface area contributed by atoms with Gasteiger partial charge in [-0.25, -0.2) is 0 Å². The number of unbranched alkanes of at least 4 members (excludes halogenated alkanes) is 2. The summed E-state index contributed by atoms with van der Waals surface area (Å²) >= 11 is 3.44. The number of rotatable bonds is 8. The number of carbonyl (C=O) groups is 1. The average Bonchev–Trinajstić information content (AvgIpc) is 2.49. The number of fused-ring (bicyclic) bond motifs is 1. The normalized spacial score (nSPS) is 13.7. The van der Waals surface area contributed by atoms with Crippen LogP contribution in [0.15, 0.2) is 12.1 Å². The van der Waals surface area contributed by atoms with Gasteiger partial charge in [-0.15, -0.1) is 0 Å². The highest BCUT2D eigenvalue weighted by Gasteiger charge is 2.23. The maximum atomic E-state index is 12.0. The van der Waals surface area contributed by atoms with Gasteiger partial charge < -0.3 is 9.47 Å². The molecule has 1 aromatic carbocycles. The van der Waals surface area contributed by atoms with E-state index in [1.54, 1.807) is 0 Å². The summed E-state index contributed by atoms with van der Waals surface area (Å²) in [6, 6.07) is 3.78. The number of ether oxygens (including phenoxy) is 2. The van der Waals surface area contributed by atoms with Gasteiger partial charge in [0.2, 0.25) is 0 Å². The van der Waals surface area contributed by atoms with E-state index in [0.717, 1.165) is 60.2 Å². The van der Waals surface area contributed by atoms with Crippen LogP contribution >= 0.6 is 15.9 Å². The van der Waals surface area contributed by atoms with Gasteiger partial charge in [0, 0.05) is 17.3 Å². The molecule has 1 heterocycles. The van der Waals surface area contributed by atoms with E-state index in [-0.39, 0.29) is 5.78 Å². The number of Topliss-reactive ketones (excluding diaryl/α,β-unsaturated/α-hetero) is 1. The van der Waals surface area contributed by atoms with Crippen molar-refractivity contribution in [3.63, 3.8) is 0 Å². The molecule has 0 saturated carbocycles. The topological polar surface area (TPSA) is 35.5 Å². The number of hydrogen-bond acceptors (Lipinski definition) is 3. The lowest BCUT2D eigenvalue weighted by Gasteiger charge is -2.22. The van der Waals surface area contributed by atoms with Crippen molar-refractivity contribution in [2.24, 2.45) is 0 Å². The van der Waals surface area contributed by atoms with E-state index in [1.807, 2.05) is 12.1 Å². The zero-order chi connectivity index (χ0) is 15.1. The Hall–Kier alpha value is -1.03. The van der Waals surface area contributed by atoms with Gasteiger partial charge in [0.25, 0.3) is 0 Å². The van der Waals surface area contributed by atoms with Crippen LogP contribution < -0.4 is 9.47 Å². The van der Waals surface area contributed by atoms with Crippen LogP contribution in [0.2, 0.25) is 0 Å². The lowest BCUT2D eigenvalue weighted by atomic mass is 9.98. The third-order valence-electron chi connectivity index (χ3n) is 3.63. The molecule has 0 saturated heterocycles. The van der Waals surface area contributed by atoms with E-state index in [0.29, 0.717) is 13.0 Å². The molecule has 0 atom stereocenters. The van der Waals surface area contributed by atoms with E-state index in [4.69, 9.17) is 9.47 Å². The van der Waals surface area contributed by atoms with Crippen molar-refractivity contribution in [3.05, 3.63) is 23.3 Å². The molecule has 0 aromatic heterocycles. The van der Waals surface area contributed by atoms with Crippen molar-refractivity contribution in [1.29, 1.82) is 0 Å². The third kappa shape index (κ3) is 4.22. The molecular weight excluding hydrogens is 332 g/mol. The zero-order valence-electron chi connectivity index (χ0n) is 12.6. The summed E-state index contributed by atoms with van der Waals surface area (Å²) in [7, 11) is 0. The van der Waals surface area contributed by atoms with Gasteiger partial charge in [-0.05, 0) is 37.8 Å². The van der Waals surface area contributed by atoms with Gasteiger partial charge in [0.15, 0.2) is 5.78 Å². The first-order valence-corrected chi connectivity index (χ1v) is 8.90. The van der Waals surface area contributed by atoms with Crippen LogP contribution in [0, 0.1) is 0 Å². The SMILES string of the molecule is CCCc1c(OCCCCCBr)ccc2c1OCCC2=O. The molecule has 0 fully saturated rings. The van der Waals surface area contributed by atoms with Crippen LogP contribution in [0.3, 0.4) is 0 Å². The van der Waals surface area contributed by atoms with Gasteiger partial charge in [0.1, 0.15) is 11.5 Å². The van der Waals surface area contributed by atoms with E-state index in [9.17, 15) is 4.79 Å². The lowest BCUT2D eigenvalue weighted by Crippen LogP contribution is -2.17. The minimum atomic E-state index is 0.178. The molecule has 0 N–H and O–H groups in total. The second-order valence-corrected chi connectivity index (χ2v) is 6.08. The molecule has 1 aliphatic rings. The summed E-state index contributed by atoms with van der Waals surface area (Å²) in [4.78, 5) is 12.0. The monoisotopic (exact) mass is 354 g/mol. The van der Waals surface area contributed by atoms with Gasteiger partial charge in [-0.2, -0.15) is 0 Å². The Morgan fingerprint density at radius 3 is 2.90 bits per heavy atom. The van der Waals surface area contributed by atoms with E-state index in [1.165, 1.54) is 6.42 Å². The summed E-state index contributed by atoms with van der Waals surface area (Å²) in [5.41, 5.74) is 1.78. The molecule has 0 amide bonds. The molecule has 0 bridgehead atoms. The lowest BCUT2D eigenvalue weighted by molar-refractivity contribution is 0.0932. The van der Waals surface area contributed by atoms with Gasteiger partial charge >= 0.3 is 0 Å². The Morgan fingerprint density at radius 1 is 1.29 bits per heavy atom. The summed E-state index contributed by atoms with van der Waals surface area (Å²) in [5.74, 6) is 1.81. The van der Waals surface area contributed by atoms with E-state index >= 15 is 0 Å². The molecular formula is C17H23BrO3. The van der Waals surface area contributed by atoms with Crippen molar-refractivity contribution in [1.82, 2.24) is 0 Å². The Bertz CT molecular complexity index is 485. The number of carbonyl (C=O) groups excluding carboxylic acids is 1. The molecule has 21 heavy (non-hydrogen) atoms. The predicted molar refractivity (Wildman–Crippen MR) is 88.0 cm³/mol. The fourth-order valence-corrected chi connectivity index (χ4v) is 2.95. The molecule has 0 radical (unpaired) electrons. The Morgan fingerprint density at radius 2 is 2.14 bits per heavy atom. The van der Waals surface area contributed by atoms with Crippen LogP contribution in [-0.2, 0) is 6.42 Å². The molecule has 0 spiro atoms. The fourth-order valence-electron chi connectivity index (χ4n) is 2.55. The quantitative estimate of drug-likeness (QED) is 0.507. The molecule has 116 valence electrons. The van der Waals surface area contributed by atoms with Crippen molar-refractivity contribution in [2.75, 3.05) is 18.5 Å². The number of alkyl halides is 1. The summed E-state index contributed by atoms with van der Waals surface area (Å²) in [6.07, 6.45) is 5.75. The minimum absolute atomic E-state index is 0.178. The fraction of sp³-hybridized carbons (Fsp3) is 0.588. The molecule has 0 unspecified atom stereocenters. The molecule has 3 nitrogen and oxygen atoms in total. The standard InChI is InChI=1S/C17H23BrO3/c1-2-6-14-16(20-11-5-3-4-10-18)8-7-13-15(19)9-12-21-17(13)14/h7-8H,2-6,9-12H2,1H3. The minimum Gasteiger partial charge on any atom is -0.493 e. The van der Waals surface area contributed by atoms with E-state index < -0.39 is 0 Å². The van der Waals surface area contributed by atoms with Crippen molar-refractivity contribution >= 4 is 21.7 Å². The van der Waals surface area contributed by atoms with Crippen molar-refractivity contribution < 1.29 is 14.3 Å². The highest BCUT2D eigenvalue weighted by atomic mass is 79.9. The number of hydrogen-bond donors (Lipinski definition) is 0.